The van der Waals surface area contributed by atoms with Crippen molar-refractivity contribution >= 4 is 23.4 Å². The highest BCUT2D eigenvalue weighted by Gasteiger charge is 2.56. The topological polar surface area (TPSA) is 66.5 Å². The number of carbonyl (C=O) groups excluding carboxylic acids is 3. The lowest BCUT2D eigenvalue weighted by Crippen LogP contribution is -2.44. The first-order valence-corrected chi connectivity index (χ1v) is 9.28. The summed E-state index contributed by atoms with van der Waals surface area (Å²) in [7, 11) is 0. The highest BCUT2D eigenvalue weighted by molar-refractivity contribution is 6.23. The molecule has 0 spiro atoms. The summed E-state index contributed by atoms with van der Waals surface area (Å²) in [6.07, 6.45) is 3.84. The van der Waals surface area contributed by atoms with Gasteiger partial charge in [0.1, 0.15) is 0 Å². The van der Waals surface area contributed by atoms with Crippen LogP contribution in [0.25, 0.3) is 0 Å². The van der Waals surface area contributed by atoms with Crippen LogP contribution in [0.2, 0.25) is 0 Å². The molecule has 1 aromatic carbocycles. The lowest BCUT2D eigenvalue weighted by atomic mass is 9.68. The van der Waals surface area contributed by atoms with Crippen LogP contribution >= 0.6 is 0 Å². The summed E-state index contributed by atoms with van der Waals surface area (Å²) in [4.78, 5) is 40.1. The summed E-state index contributed by atoms with van der Waals surface area (Å²) in [5.41, 5.74) is 0.608. The van der Waals surface area contributed by atoms with Crippen LogP contribution < -0.4 is 10.2 Å². The Morgan fingerprint density at radius 3 is 2.40 bits per heavy atom. The number of fused-ring (bicyclic) bond motifs is 1. The van der Waals surface area contributed by atoms with Gasteiger partial charge in [-0.3, -0.25) is 19.3 Å². The molecule has 4 rings (SSSR count). The maximum absolute atomic E-state index is 13.1. The number of anilines is 1. The van der Waals surface area contributed by atoms with Gasteiger partial charge in [0, 0.05) is 6.54 Å². The molecule has 2 aliphatic carbocycles. The highest BCUT2D eigenvalue weighted by Crippen LogP contribution is 2.46. The molecule has 1 N–H and O–H groups in total. The van der Waals surface area contributed by atoms with E-state index in [1.807, 2.05) is 25.1 Å². The summed E-state index contributed by atoms with van der Waals surface area (Å²) < 4.78 is 0. The minimum Gasteiger partial charge on any atom is -0.356 e. The van der Waals surface area contributed by atoms with E-state index >= 15 is 0 Å². The van der Waals surface area contributed by atoms with Gasteiger partial charge in [-0.1, -0.05) is 25.1 Å². The van der Waals surface area contributed by atoms with Gasteiger partial charge in [-0.15, -0.1) is 0 Å². The summed E-state index contributed by atoms with van der Waals surface area (Å²) in [5, 5.41) is 3.01. The molecule has 3 fully saturated rings. The van der Waals surface area contributed by atoms with E-state index in [0.29, 0.717) is 24.6 Å². The van der Waals surface area contributed by atoms with Crippen molar-refractivity contribution in [2.75, 3.05) is 11.4 Å². The second-order valence-electron chi connectivity index (χ2n) is 7.75. The smallest absolute Gasteiger partial charge is 0.238 e. The monoisotopic (exact) mass is 340 g/mol. The Labute approximate surface area is 147 Å². The number of hydrogen-bond acceptors (Lipinski definition) is 3. The average molecular weight is 340 g/mol. The molecule has 0 radical (unpaired) electrons. The van der Waals surface area contributed by atoms with E-state index in [2.05, 4.69) is 5.32 Å². The van der Waals surface area contributed by atoms with Crippen molar-refractivity contribution in [2.45, 2.75) is 32.6 Å². The Balaban J connectivity index is 1.60. The van der Waals surface area contributed by atoms with E-state index in [0.717, 1.165) is 6.42 Å². The van der Waals surface area contributed by atoms with Gasteiger partial charge in [0.2, 0.25) is 17.7 Å². The van der Waals surface area contributed by atoms with Crippen LogP contribution in [0.15, 0.2) is 30.3 Å². The van der Waals surface area contributed by atoms with Gasteiger partial charge in [0.25, 0.3) is 0 Å². The van der Waals surface area contributed by atoms with Crippen molar-refractivity contribution in [3.63, 3.8) is 0 Å². The van der Waals surface area contributed by atoms with Crippen LogP contribution in [0.3, 0.4) is 0 Å². The molecule has 0 unspecified atom stereocenters. The molecule has 3 amide bonds. The first kappa shape index (κ1) is 16.3. The van der Waals surface area contributed by atoms with Gasteiger partial charge in [-0.2, -0.15) is 0 Å². The minimum absolute atomic E-state index is 0.0511. The van der Waals surface area contributed by atoms with E-state index in [1.54, 1.807) is 12.1 Å². The Hall–Kier alpha value is -2.17. The molecular formula is C20H24N2O3. The summed E-state index contributed by atoms with van der Waals surface area (Å²) in [6, 6.07) is 9.06. The number of carbonyl (C=O) groups is 3. The normalized spacial score (nSPS) is 31.8. The molecule has 0 aromatic heterocycles. The molecule has 25 heavy (non-hydrogen) atoms. The van der Waals surface area contributed by atoms with Crippen LogP contribution in [0.5, 0.6) is 0 Å². The first-order chi connectivity index (χ1) is 12.1. The molecule has 5 nitrogen and oxygen atoms in total. The Morgan fingerprint density at radius 1 is 1.04 bits per heavy atom. The number of rotatable bonds is 4. The highest BCUT2D eigenvalue weighted by atomic mass is 16.2. The third-order valence-corrected chi connectivity index (χ3v) is 5.99. The van der Waals surface area contributed by atoms with Crippen LogP contribution in [0.1, 0.15) is 32.6 Å². The van der Waals surface area contributed by atoms with E-state index in [9.17, 15) is 14.4 Å². The number of nitrogens with one attached hydrogen (secondary N) is 1. The van der Waals surface area contributed by atoms with Gasteiger partial charge >= 0.3 is 0 Å². The molecule has 2 saturated carbocycles. The predicted molar refractivity (Wildman–Crippen MR) is 93.5 cm³/mol. The number of hydrogen-bond donors (Lipinski definition) is 1. The fourth-order valence-electron chi connectivity index (χ4n) is 4.36. The van der Waals surface area contributed by atoms with Crippen molar-refractivity contribution in [3.8, 4) is 0 Å². The van der Waals surface area contributed by atoms with Crippen LogP contribution in [0, 0.1) is 29.6 Å². The van der Waals surface area contributed by atoms with Crippen molar-refractivity contribution in [1.29, 1.82) is 0 Å². The summed E-state index contributed by atoms with van der Waals surface area (Å²) >= 11 is 0. The minimum atomic E-state index is -0.518. The molecule has 4 atom stereocenters. The van der Waals surface area contributed by atoms with Crippen molar-refractivity contribution < 1.29 is 14.4 Å². The van der Waals surface area contributed by atoms with Crippen LogP contribution in [-0.2, 0) is 14.4 Å². The Kier molecular flexibility index (Phi) is 4.10. The fraction of sp³-hybridized carbons (Fsp3) is 0.550. The SMILES string of the molecule is C[C@@H]1CC[C@H](C(=O)NCC2CC2)[C@H]2C(=O)N(c3ccccc3)C(=O)[C@H]21. The zero-order valence-electron chi connectivity index (χ0n) is 14.5. The van der Waals surface area contributed by atoms with Gasteiger partial charge < -0.3 is 5.32 Å². The summed E-state index contributed by atoms with van der Waals surface area (Å²) in [5.74, 6) is -0.955. The van der Waals surface area contributed by atoms with E-state index in [1.165, 1.54) is 17.7 Å². The largest absolute Gasteiger partial charge is 0.356 e. The predicted octanol–water partition coefficient (Wildman–Crippen LogP) is 2.36. The zero-order valence-corrected chi connectivity index (χ0v) is 14.5. The molecule has 5 heteroatoms. The van der Waals surface area contributed by atoms with Crippen molar-refractivity contribution in [2.24, 2.45) is 29.6 Å². The third-order valence-electron chi connectivity index (χ3n) is 5.99. The van der Waals surface area contributed by atoms with Gasteiger partial charge in [-0.25, -0.2) is 0 Å². The zero-order chi connectivity index (χ0) is 17.6. The fourth-order valence-corrected chi connectivity index (χ4v) is 4.36. The Morgan fingerprint density at radius 2 is 1.72 bits per heavy atom. The molecule has 1 aliphatic heterocycles. The third kappa shape index (κ3) is 2.86. The summed E-state index contributed by atoms with van der Waals surface area (Å²) in [6.45, 7) is 2.72. The average Bonchev–Trinajstić information content (AvgIpc) is 3.40. The molecule has 1 heterocycles. The molecular weight excluding hydrogens is 316 g/mol. The lowest BCUT2D eigenvalue weighted by molar-refractivity contribution is -0.136. The van der Waals surface area contributed by atoms with E-state index in [4.69, 9.17) is 0 Å². The molecule has 132 valence electrons. The number of benzene rings is 1. The Bertz CT molecular complexity index is 698. The maximum Gasteiger partial charge on any atom is 0.238 e. The van der Waals surface area contributed by atoms with E-state index < -0.39 is 5.92 Å². The van der Waals surface area contributed by atoms with Gasteiger partial charge in [0.15, 0.2) is 0 Å². The number of amides is 3. The van der Waals surface area contributed by atoms with E-state index in [-0.39, 0.29) is 35.5 Å². The van der Waals surface area contributed by atoms with Gasteiger partial charge in [0.05, 0.1) is 23.4 Å². The first-order valence-electron chi connectivity index (χ1n) is 9.28. The number of nitrogens with zero attached hydrogens (tertiary/aromatic N) is 1. The molecule has 1 saturated heterocycles. The van der Waals surface area contributed by atoms with Gasteiger partial charge in [-0.05, 0) is 49.7 Å². The molecule has 1 aromatic rings. The van der Waals surface area contributed by atoms with Crippen LogP contribution in [0.4, 0.5) is 5.69 Å². The molecule has 3 aliphatic rings. The number of imide groups is 1. The second-order valence-corrected chi connectivity index (χ2v) is 7.75. The maximum atomic E-state index is 13.1. The quantitative estimate of drug-likeness (QED) is 0.856. The standard InChI is InChI=1S/C20H24N2O3/c1-12-7-10-15(18(23)21-11-13-8-9-13)17-16(12)19(24)22(20(17)25)14-5-3-2-4-6-14/h2-6,12-13,15-17H,7-11H2,1H3,(H,21,23)/t12-,15+,16+,17-/m1/s1. The van der Waals surface area contributed by atoms with Crippen LogP contribution in [-0.4, -0.2) is 24.3 Å². The lowest BCUT2D eigenvalue weighted by Gasteiger charge is -2.33. The van der Waals surface area contributed by atoms with Crippen molar-refractivity contribution in [3.05, 3.63) is 30.3 Å². The second kappa shape index (κ2) is 6.28. The molecule has 0 bridgehead atoms. The van der Waals surface area contributed by atoms with Crippen molar-refractivity contribution in [1.82, 2.24) is 5.32 Å². The number of para-hydroxylation sites is 1.